The molecule has 1 atom stereocenters. The zero-order valence-corrected chi connectivity index (χ0v) is 13.2. The van der Waals surface area contributed by atoms with Crippen LogP contribution in [0.1, 0.15) is 37.4 Å². The molecule has 0 amide bonds. The van der Waals surface area contributed by atoms with Gasteiger partial charge in [0.2, 0.25) is 0 Å². The average molecular weight is 305 g/mol. The summed E-state index contributed by atoms with van der Waals surface area (Å²) in [6.07, 6.45) is 4.42. The summed E-state index contributed by atoms with van der Waals surface area (Å²) in [5.41, 5.74) is 2.23. The number of aromatic nitrogens is 1. The Morgan fingerprint density at radius 1 is 1.19 bits per heavy atom. The predicted octanol–water partition coefficient (Wildman–Crippen LogP) is 4.37. The van der Waals surface area contributed by atoms with Crippen molar-refractivity contribution in [1.82, 2.24) is 10.3 Å². The van der Waals surface area contributed by atoms with Crippen molar-refractivity contribution >= 4 is 11.6 Å². The van der Waals surface area contributed by atoms with Crippen molar-refractivity contribution < 1.29 is 4.74 Å². The van der Waals surface area contributed by atoms with Crippen LogP contribution in [-0.2, 0) is 6.61 Å². The van der Waals surface area contributed by atoms with Crippen molar-refractivity contribution in [1.29, 1.82) is 0 Å². The van der Waals surface area contributed by atoms with Crippen LogP contribution in [0, 0.1) is 0 Å². The zero-order chi connectivity index (χ0) is 15.1. The minimum absolute atomic E-state index is 0.402. The number of rotatable bonds is 7. The van der Waals surface area contributed by atoms with Crippen LogP contribution >= 0.6 is 11.6 Å². The standard InChI is InChI=1S/C17H21ClN2O/c1-3-17(20-4-2)13-5-7-15(8-6-13)21-12-14-9-10-19-11-16(14)18/h5-11,17,20H,3-4,12H2,1-2H3. The SMILES string of the molecule is CCNC(CC)c1ccc(OCc2ccncc2Cl)cc1. The van der Waals surface area contributed by atoms with Crippen LogP contribution in [0.5, 0.6) is 5.75 Å². The molecule has 1 aromatic heterocycles. The molecule has 0 fully saturated rings. The van der Waals surface area contributed by atoms with E-state index in [0.29, 0.717) is 17.7 Å². The molecule has 1 heterocycles. The van der Waals surface area contributed by atoms with Gasteiger partial charge < -0.3 is 10.1 Å². The lowest BCUT2D eigenvalue weighted by atomic mass is 10.0. The third-order valence-corrected chi connectivity index (χ3v) is 3.73. The summed E-state index contributed by atoms with van der Waals surface area (Å²) in [4.78, 5) is 3.96. The summed E-state index contributed by atoms with van der Waals surface area (Å²) in [7, 11) is 0. The molecule has 0 saturated heterocycles. The first-order chi connectivity index (χ1) is 10.2. The fourth-order valence-electron chi connectivity index (χ4n) is 2.22. The third kappa shape index (κ3) is 4.45. The molecule has 0 radical (unpaired) electrons. The van der Waals surface area contributed by atoms with E-state index in [4.69, 9.17) is 16.3 Å². The van der Waals surface area contributed by atoms with E-state index in [1.165, 1.54) is 5.56 Å². The minimum atomic E-state index is 0.402. The molecule has 2 aromatic rings. The maximum Gasteiger partial charge on any atom is 0.119 e. The molecule has 1 unspecified atom stereocenters. The highest BCUT2D eigenvalue weighted by Crippen LogP contribution is 2.22. The van der Waals surface area contributed by atoms with E-state index in [2.05, 4.69) is 36.3 Å². The van der Waals surface area contributed by atoms with Gasteiger partial charge >= 0.3 is 0 Å². The van der Waals surface area contributed by atoms with Crippen LogP contribution in [-0.4, -0.2) is 11.5 Å². The fourth-order valence-corrected chi connectivity index (χ4v) is 2.40. The van der Waals surface area contributed by atoms with Crippen LogP contribution in [0.25, 0.3) is 0 Å². The number of pyridine rings is 1. The molecule has 0 bridgehead atoms. The second-order valence-corrected chi connectivity index (χ2v) is 5.25. The van der Waals surface area contributed by atoms with Crippen LogP contribution in [0.15, 0.2) is 42.7 Å². The number of nitrogens with zero attached hydrogens (tertiary/aromatic N) is 1. The van der Waals surface area contributed by atoms with Crippen LogP contribution in [0.2, 0.25) is 5.02 Å². The van der Waals surface area contributed by atoms with Crippen molar-refractivity contribution in [2.24, 2.45) is 0 Å². The van der Waals surface area contributed by atoms with E-state index in [0.717, 1.165) is 24.3 Å². The number of halogens is 1. The first kappa shape index (κ1) is 15.8. The molecular formula is C17H21ClN2O. The Labute approximate surface area is 131 Å². The average Bonchev–Trinajstić information content (AvgIpc) is 2.52. The van der Waals surface area contributed by atoms with Crippen molar-refractivity contribution in [3.8, 4) is 5.75 Å². The summed E-state index contributed by atoms with van der Waals surface area (Å²) in [5.74, 6) is 0.845. The Hall–Kier alpha value is -1.58. The Morgan fingerprint density at radius 2 is 1.95 bits per heavy atom. The Kier molecular flexibility index (Phi) is 6.03. The highest BCUT2D eigenvalue weighted by atomic mass is 35.5. The maximum absolute atomic E-state index is 6.06. The normalized spacial score (nSPS) is 12.1. The minimum Gasteiger partial charge on any atom is -0.489 e. The third-order valence-electron chi connectivity index (χ3n) is 3.39. The monoisotopic (exact) mass is 304 g/mol. The second kappa shape index (κ2) is 8.01. The highest BCUT2D eigenvalue weighted by Gasteiger charge is 2.07. The number of hydrogen-bond acceptors (Lipinski definition) is 3. The van der Waals surface area contributed by atoms with E-state index < -0.39 is 0 Å². The second-order valence-electron chi connectivity index (χ2n) is 4.84. The van der Waals surface area contributed by atoms with E-state index >= 15 is 0 Å². The van der Waals surface area contributed by atoms with Crippen molar-refractivity contribution in [3.05, 3.63) is 58.9 Å². The van der Waals surface area contributed by atoms with Gasteiger partial charge in [0, 0.05) is 24.0 Å². The topological polar surface area (TPSA) is 34.1 Å². The summed E-state index contributed by atoms with van der Waals surface area (Å²) >= 11 is 6.06. The lowest BCUT2D eigenvalue weighted by molar-refractivity contribution is 0.306. The number of benzene rings is 1. The van der Waals surface area contributed by atoms with Gasteiger partial charge in [0.05, 0.1) is 5.02 Å². The molecule has 0 aliphatic rings. The molecule has 112 valence electrons. The van der Waals surface area contributed by atoms with Gasteiger partial charge in [-0.1, -0.05) is 37.6 Å². The molecule has 3 nitrogen and oxygen atoms in total. The van der Waals surface area contributed by atoms with E-state index in [1.54, 1.807) is 12.4 Å². The van der Waals surface area contributed by atoms with Gasteiger partial charge in [-0.3, -0.25) is 4.98 Å². The summed E-state index contributed by atoms with van der Waals surface area (Å²) < 4.78 is 5.77. The van der Waals surface area contributed by atoms with E-state index in [9.17, 15) is 0 Å². The molecule has 1 N–H and O–H groups in total. The largest absolute Gasteiger partial charge is 0.489 e. The van der Waals surface area contributed by atoms with Gasteiger partial charge in [-0.15, -0.1) is 0 Å². The van der Waals surface area contributed by atoms with Crippen molar-refractivity contribution in [2.45, 2.75) is 32.9 Å². The Morgan fingerprint density at radius 3 is 2.57 bits per heavy atom. The summed E-state index contributed by atoms with van der Waals surface area (Å²) in [6.45, 7) is 5.73. The smallest absolute Gasteiger partial charge is 0.119 e. The van der Waals surface area contributed by atoms with Gasteiger partial charge in [0.15, 0.2) is 0 Å². The molecule has 4 heteroatoms. The first-order valence-corrected chi connectivity index (χ1v) is 7.67. The first-order valence-electron chi connectivity index (χ1n) is 7.29. The zero-order valence-electron chi connectivity index (χ0n) is 12.5. The van der Waals surface area contributed by atoms with Gasteiger partial charge in [-0.05, 0) is 36.7 Å². The number of ether oxygens (including phenoxy) is 1. The summed E-state index contributed by atoms with van der Waals surface area (Å²) in [5, 5.41) is 4.10. The lowest BCUT2D eigenvalue weighted by Gasteiger charge is -2.16. The van der Waals surface area contributed by atoms with Gasteiger partial charge in [0.25, 0.3) is 0 Å². The van der Waals surface area contributed by atoms with E-state index in [1.807, 2.05) is 18.2 Å². The molecule has 0 aliphatic heterocycles. The van der Waals surface area contributed by atoms with Gasteiger partial charge in [0.1, 0.15) is 12.4 Å². The van der Waals surface area contributed by atoms with Gasteiger partial charge in [-0.25, -0.2) is 0 Å². The molecule has 21 heavy (non-hydrogen) atoms. The predicted molar refractivity (Wildman–Crippen MR) is 86.7 cm³/mol. The molecule has 0 spiro atoms. The van der Waals surface area contributed by atoms with Crippen molar-refractivity contribution in [2.75, 3.05) is 6.54 Å². The lowest BCUT2D eigenvalue weighted by Crippen LogP contribution is -2.19. The van der Waals surface area contributed by atoms with E-state index in [-0.39, 0.29) is 0 Å². The number of nitrogens with one attached hydrogen (secondary N) is 1. The van der Waals surface area contributed by atoms with Crippen LogP contribution in [0.4, 0.5) is 0 Å². The Balaban J connectivity index is 1.98. The molecule has 1 aromatic carbocycles. The van der Waals surface area contributed by atoms with Gasteiger partial charge in [-0.2, -0.15) is 0 Å². The molecule has 2 rings (SSSR count). The summed E-state index contributed by atoms with van der Waals surface area (Å²) in [6, 6.07) is 10.5. The Bertz CT molecular complexity index is 557. The molecular weight excluding hydrogens is 284 g/mol. The van der Waals surface area contributed by atoms with Crippen molar-refractivity contribution in [3.63, 3.8) is 0 Å². The quantitative estimate of drug-likeness (QED) is 0.824. The highest BCUT2D eigenvalue weighted by molar-refractivity contribution is 6.31. The fraction of sp³-hybridized carbons (Fsp3) is 0.353. The molecule has 0 aliphatic carbocycles. The number of hydrogen-bond donors (Lipinski definition) is 1. The van der Waals surface area contributed by atoms with Crippen LogP contribution < -0.4 is 10.1 Å². The maximum atomic E-state index is 6.06. The molecule has 0 saturated carbocycles. The van der Waals surface area contributed by atoms with Crippen LogP contribution in [0.3, 0.4) is 0 Å².